The van der Waals surface area contributed by atoms with Gasteiger partial charge in [-0.1, -0.05) is 18.9 Å². The molecule has 1 atom stereocenters. The number of aryl methyl sites for hydroxylation is 1. The molecule has 1 aromatic carbocycles. The maximum Gasteiger partial charge on any atom is 0.298 e. The molecular weight excluding hydrogens is 528 g/mol. The van der Waals surface area contributed by atoms with Gasteiger partial charge in [0.05, 0.1) is 11.2 Å². The fourth-order valence-corrected chi connectivity index (χ4v) is 7.51. The second-order valence-electron chi connectivity index (χ2n) is 13.7. The van der Waals surface area contributed by atoms with Crippen LogP contribution in [0.5, 0.6) is 0 Å². The second-order valence-corrected chi connectivity index (χ2v) is 14.9. The Bertz CT molecular complexity index is 1260. The summed E-state index contributed by atoms with van der Waals surface area (Å²) in [5, 5.41) is 2.29. The molecule has 222 valence electrons. The van der Waals surface area contributed by atoms with Crippen molar-refractivity contribution in [1.29, 1.82) is 0 Å². The zero-order valence-electron chi connectivity index (χ0n) is 25.8. The number of likely N-dealkylation sites (tertiary alicyclic amines) is 2. The molecule has 3 fully saturated rings. The van der Waals surface area contributed by atoms with E-state index < -0.39 is 0 Å². The first-order chi connectivity index (χ1) is 19.5. The number of rotatable bonds is 3. The normalized spacial score (nSPS) is 24.9. The number of hydrogen-bond acceptors (Lipinski definition) is 7. The summed E-state index contributed by atoms with van der Waals surface area (Å²) in [7, 11) is 0. The molecule has 3 saturated heterocycles. The van der Waals surface area contributed by atoms with Crippen LogP contribution in [0.15, 0.2) is 28.9 Å². The number of amidine groups is 1. The summed E-state index contributed by atoms with van der Waals surface area (Å²) in [5.74, 6) is 9.89. The van der Waals surface area contributed by atoms with Crippen LogP contribution in [0.2, 0.25) is 0 Å². The Hall–Kier alpha value is -2.47. The molecule has 0 spiro atoms. The maximum atomic E-state index is 12.6. The highest BCUT2D eigenvalue weighted by Gasteiger charge is 2.46. The Morgan fingerprint density at radius 1 is 1.17 bits per heavy atom. The Balaban J connectivity index is 1.27. The Morgan fingerprint density at radius 3 is 2.49 bits per heavy atom. The number of carbonyl (C=O) groups is 1. The Kier molecular flexibility index (Phi) is 8.80. The predicted octanol–water partition coefficient (Wildman–Crippen LogP) is 4.44. The number of fused-ring (bicyclic) bond motifs is 1. The number of nitrogens with two attached hydrogens (primary N) is 1. The lowest BCUT2D eigenvalue weighted by molar-refractivity contribution is -0.139. The van der Waals surface area contributed by atoms with Crippen molar-refractivity contribution in [3.63, 3.8) is 0 Å². The molecule has 4 heterocycles. The topological polar surface area (TPSA) is 77.2 Å². The number of nitrogens with one attached hydrogen (secondary N) is 1. The van der Waals surface area contributed by atoms with E-state index in [1.807, 2.05) is 37.4 Å². The molecule has 0 aliphatic carbocycles. The monoisotopic (exact) mass is 576 g/mol. The van der Waals surface area contributed by atoms with Crippen molar-refractivity contribution in [2.45, 2.75) is 72.3 Å². The molecular formula is C33H48N6OS. The molecule has 7 nitrogen and oxygen atoms in total. The quantitative estimate of drug-likeness (QED) is 0.518. The van der Waals surface area contributed by atoms with Crippen LogP contribution in [-0.2, 0) is 11.2 Å². The first kappa shape index (κ1) is 30.0. The third kappa shape index (κ3) is 6.79. The van der Waals surface area contributed by atoms with Crippen LogP contribution in [-0.4, -0.2) is 82.9 Å². The number of hydrogen-bond donors (Lipinski definition) is 2. The average Bonchev–Trinajstić information content (AvgIpc) is 3.05. The number of hydrazine groups is 1. The van der Waals surface area contributed by atoms with Gasteiger partial charge in [0.25, 0.3) is 5.91 Å². The summed E-state index contributed by atoms with van der Waals surface area (Å²) in [5.41, 5.74) is 15.9. The summed E-state index contributed by atoms with van der Waals surface area (Å²) >= 11 is 2.00. The van der Waals surface area contributed by atoms with E-state index in [4.69, 9.17) is 10.7 Å². The average molecular weight is 577 g/mol. The van der Waals surface area contributed by atoms with Gasteiger partial charge in [0.1, 0.15) is 5.84 Å². The summed E-state index contributed by atoms with van der Waals surface area (Å²) in [4.78, 5) is 22.3. The molecule has 0 bridgehead atoms. The molecule has 4 aliphatic heterocycles. The van der Waals surface area contributed by atoms with Crippen LogP contribution in [0.4, 0.5) is 5.69 Å². The standard InChI is InChI=1S/C33H48N6OS/c1-23-17-26(19-29-27(23)18-24(2)28(20-34)31(35-29)36-39-13-15-41-16-14-39)25-8-11-38(12-9-25)33(6)21-37(22-33)30(40)7-10-32(3,4)5/h17,19-20,24-25H,8-9,11-16,18,21-22,34H2,1-6H3,(H,35,36)/b28-20-. The van der Waals surface area contributed by atoms with Gasteiger partial charge in [0, 0.05) is 54.9 Å². The van der Waals surface area contributed by atoms with E-state index in [2.05, 4.69) is 60.1 Å². The van der Waals surface area contributed by atoms with Crippen LogP contribution >= 0.6 is 11.8 Å². The smallest absolute Gasteiger partial charge is 0.298 e. The SMILES string of the molecule is Cc1cc(C2CCN(C3(C)CN(C(=O)C#CC(C)(C)C)C3)CC2)cc2c1CC(C)/C(=C/N)C(NN1CCSCC1)=N2. The first-order valence-electron chi connectivity index (χ1n) is 15.3. The first-order valence-corrected chi connectivity index (χ1v) is 16.4. The van der Waals surface area contributed by atoms with Crippen LogP contribution in [0, 0.1) is 30.1 Å². The van der Waals surface area contributed by atoms with E-state index in [0.29, 0.717) is 11.8 Å². The molecule has 1 amide bonds. The minimum absolute atomic E-state index is 0.0386. The van der Waals surface area contributed by atoms with Gasteiger partial charge in [-0.3, -0.25) is 9.69 Å². The van der Waals surface area contributed by atoms with Gasteiger partial charge in [0.2, 0.25) is 0 Å². The van der Waals surface area contributed by atoms with Crippen molar-refractivity contribution >= 4 is 29.2 Å². The van der Waals surface area contributed by atoms with Crippen LogP contribution in [0.25, 0.3) is 0 Å². The van der Waals surface area contributed by atoms with Gasteiger partial charge >= 0.3 is 0 Å². The van der Waals surface area contributed by atoms with E-state index in [9.17, 15) is 4.79 Å². The van der Waals surface area contributed by atoms with E-state index >= 15 is 0 Å². The molecule has 8 heteroatoms. The fourth-order valence-electron chi connectivity index (χ4n) is 6.61. The van der Waals surface area contributed by atoms with Gasteiger partial charge < -0.3 is 16.1 Å². The largest absolute Gasteiger partial charge is 0.404 e. The molecule has 0 radical (unpaired) electrons. The number of aliphatic imine (C=N–C) groups is 1. The third-order valence-electron chi connectivity index (χ3n) is 9.10. The molecule has 0 aromatic heterocycles. The molecule has 3 N–H and O–H groups in total. The van der Waals surface area contributed by atoms with Crippen molar-refractivity contribution in [2.75, 3.05) is 50.8 Å². The van der Waals surface area contributed by atoms with Gasteiger partial charge in [0.15, 0.2) is 0 Å². The Labute approximate surface area is 251 Å². The van der Waals surface area contributed by atoms with Gasteiger partial charge in [-0.25, -0.2) is 10.0 Å². The summed E-state index contributed by atoms with van der Waals surface area (Å²) in [6.07, 6.45) is 4.94. The van der Waals surface area contributed by atoms with E-state index in [1.165, 1.54) is 16.7 Å². The number of benzene rings is 1. The highest BCUT2D eigenvalue weighted by molar-refractivity contribution is 7.99. The molecule has 41 heavy (non-hydrogen) atoms. The summed E-state index contributed by atoms with van der Waals surface area (Å²) < 4.78 is 0. The van der Waals surface area contributed by atoms with Crippen LogP contribution in [0.1, 0.15) is 70.1 Å². The van der Waals surface area contributed by atoms with E-state index in [1.54, 1.807) is 6.20 Å². The zero-order chi connectivity index (χ0) is 29.4. The minimum atomic E-state index is -0.155. The van der Waals surface area contributed by atoms with Crippen LogP contribution < -0.4 is 11.2 Å². The zero-order valence-corrected chi connectivity index (χ0v) is 26.7. The van der Waals surface area contributed by atoms with Gasteiger partial charge in [-0.2, -0.15) is 11.8 Å². The minimum Gasteiger partial charge on any atom is -0.404 e. The number of carbonyl (C=O) groups excluding carboxylic acids is 1. The predicted molar refractivity (Wildman–Crippen MR) is 171 cm³/mol. The van der Waals surface area contributed by atoms with Gasteiger partial charge in [-0.15, -0.1) is 0 Å². The van der Waals surface area contributed by atoms with Crippen molar-refractivity contribution in [3.8, 4) is 11.8 Å². The highest BCUT2D eigenvalue weighted by Crippen LogP contribution is 2.39. The highest BCUT2D eigenvalue weighted by atomic mass is 32.2. The van der Waals surface area contributed by atoms with Crippen molar-refractivity contribution in [2.24, 2.45) is 22.1 Å². The molecule has 1 aromatic rings. The molecule has 5 rings (SSSR count). The molecule has 4 aliphatic rings. The number of nitrogens with zero attached hydrogens (tertiary/aromatic N) is 4. The van der Waals surface area contributed by atoms with Gasteiger partial charge in [-0.05, 0) is 107 Å². The lowest BCUT2D eigenvalue weighted by atomic mass is 9.82. The summed E-state index contributed by atoms with van der Waals surface area (Å²) in [6, 6.07) is 4.76. The van der Waals surface area contributed by atoms with Crippen molar-refractivity contribution in [3.05, 3.63) is 40.6 Å². The molecule has 1 unspecified atom stereocenters. The van der Waals surface area contributed by atoms with Crippen molar-refractivity contribution in [1.82, 2.24) is 20.2 Å². The maximum absolute atomic E-state index is 12.6. The lowest BCUT2D eigenvalue weighted by Crippen LogP contribution is -2.70. The Morgan fingerprint density at radius 2 is 1.85 bits per heavy atom. The summed E-state index contributed by atoms with van der Waals surface area (Å²) in [6.45, 7) is 18.6. The third-order valence-corrected chi connectivity index (χ3v) is 10.0. The van der Waals surface area contributed by atoms with E-state index in [0.717, 1.165) is 87.1 Å². The number of amides is 1. The molecule has 0 saturated carbocycles. The van der Waals surface area contributed by atoms with Crippen LogP contribution in [0.3, 0.4) is 0 Å². The fraction of sp³-hybridized carbons (Fsp3) is 0.636. The van der Waals surface area contributed by atoms with Crippen molar-refractivity contribution < 1.29 is 4.79 Å². The second kappa shape index (κ2) is 12.0. The lowest BCUT2D eigenvalue weighted by Gasteiger charge is -2.55. The number of thioether (sulfide) groups is 1. The van der Waals surface area contributed by atoms with E-state index in [-0.39, 0.29) is 16.9 Å². The number of piperidine rings is 1.